The normalized spacial score (nSPS) is 11.7. The molecule has 0 saturated heterocycles. The molecule has 0 aliphatic heterocycles. The Morgan fingerprint density at radius 2 is 1.52 bits per heavy atom. The van der Waals surface area contributed by atoms with Crippen LogP contribution < -0.4 is 9.47 Å². The molecule has 0 saturated carbocycles. The molecule has 0 aliphatic carbocycles. The number of aliphatic carboxylic acids is 1. The summed E-state index contributed by atoms with van der Waals surface area (Å²) in [6.07, 6.45) is 0.0368. The number of alkyl halides is 1. The molecule has 0 fully saturated rings. The molecule has 2 aromatic carbocycles. The Hall–Kier alpha value is -1.91. The zero-order valence-corrected chi connectivity index (χ0v) is 13.8. The van der Waals surface area contributed by atoms with Crippen LogP contribution >= 0.6 is 23.2 Å². The van der Waals surface area contributed by atoms with Gasteiger partial charge in [-0.2, -0.15) is 0 Å². The molecule has 6 heteroatoms. The first-order valence-corrected chi connectivity index (χ1v) is 7.98. The van der Waals surface area contributed by atoms with E-state index in [4.69, 9.17) is 37.8 Å². The van der Waals surface area contributed by atoms with Crippen molar-refractivity contribution in [2.45, 2.75) is 18.9 Å². The number of carbonyl (C=O) groups is 1. The summed E-state index contributed by atoms with van der Waals surface area (Å²) >= 11 is 11.4. The van der Waals surface area contributed by atoms with Crippen molar-refractivity contribution in [3.8, 4) is 17.2 Å². The van der Waals surface area contributed by atoms with E-state index in [1.54, 1.807) is 48.5 Å². The fourth-order valence-electron chi connectivity index (χ4n) is 1.88. The van der Waals surface area contributed by atoms with Gasteiger partial charge in [-0.15, -0.1) is 11.6 Å². The van der Waals surface area contributed by atoms with Gasteiger partial charge in [0.25, 0.3) is 0 Å². The minimum Gasteiger partial charge on any atom is -0.479 e. The van der Waals surface area contributed by atoms with Gasteiger partial charge >= 0.3 is 5.97 Å². The SMILES string of the molecule is O=C(O)C(CCCCl)Oc1ccc(Oc2ccc(Cl)cc2)cc1. The maximum atomic E-state index is 11.1. The average Bonchev–Trinajstić information content (AvgIpc) is 2.55. The first-order valence-electron chi connectivity index (χ1n) is 7.07. The van der Waals surface area contributed by atoms with Gasteiger partial charge in [-0.3, -0.25) is 0 Å². The zero-order chi connectivity index (χ0) is 16.7. The summed E-state index contributed by atoms with van der Waals surface area (Å²) in [5.74, 6) is 1.15. The van der Waals surface area contributed by atoms with Crippen molar-refractivity contribution >= 4 is 29.2 Å². The second-order valence-electron chi connectivity index (χ2n) is 4.80. The first-order chi connectivity index (χ1) is 11.1. The van der Waals surface area contributed by atoms with Crippen molar-refractivity contribution in [2.24, 2.45) is 0 Å². The lowest BCUT2D eigenvalue weighted by atomic mass is 10.2. The predicted octanol–water partition coefficient (Wildman–Crippen LogP) is 4.98. The third kappa shape index (κ3) is 5.66. The molecule has 2 rings (SSSR count). The summed E-state index contributed by atoms with van der Waals surface area (Å²) in [6.45, 7) is 0. The highest BCUT2D eigenvalue weighted by molar-refractivity contribution is 6.30. The second kappa shape index (κ2) is 8.65. The van der Waals surface area contributed by atoms with Crippen LogP contribution in [0.2, 0.25) is 5.02 Å². The van der Waals surface area contributed by atoms with E-state index in [0.29, 0.717) is 41.0 Å². The molecule has 0 amide bonds. The van der Waals surface area contributed by atoms with Crippen LogP contribution in [0.1, 0.15) is 12.8 Å². The molecule has 122 valence electrons. The van der Waals surface area contributed by atoms with Crippen LogP contribution in [0.4, 0.5) is 0 Å². The average molecular weight is 355 g/mol. The third-order valence-corrected chi connectivity index (χ3v) is 3.55. The topological polar surface area (TPSA) is 55.8 Å². The van der Waals surface area contributed by atoms with E-state index < -0.39 is 12.1 Å². The van der Waals surface area contributed by atoms with Crippen LogP contribution in [0.25, 0.3) is 0 Å². The number of carboxylic acids is 1. The van der Waals surface area contributed by atoms with Gasteiger partial charge in [0.2, 0.25) is 0 Å². The first kappa shape index (κ1) is 17.4. The Balaban J connectivity index is 1.98. The van der Waals surface area contributed by atoms with E-state index in [9.17, 15) is 4.79 Å². The minimum absolute atomic E-state index is 0.363. The quantitative estimate of drug-likeness (QED) is 0.679. The molecule has 0 radical (unpaired) electrons. The van der Waals surface area contributed by atoms with Crippen molar-refractivity contribution in [3.63, 3.8) is 0 Å². The van der Waals surface area contributed by atoms with Gasteiger partial charge in [-0.05, 0) is 61.4 Å². The molecular weight excluding hydrogens is 339 g/mol. The van der Waals surface area contributed by atoms with Gasteiger partial charge in [0.1, 0.15) is 17.2 Å². The van der Waals surface area contributed by atoms with E-state index in [-0.39, 0.29) is 0 Å². The van der Waals surface area contributed by atoms with E-state index >= 15 is 0 Å². The fraction of sp³-hybridized carbons (Fsp3) is 0.235. The van der Waals surface area contributed by atoms with Crippen LogP contribution in [0, 0.1) is 0 Å². The lowest BCUT2D eigenvalue weighted by molar-refractivity contribution is -0.145. The van der Waals surface area contributed by atoms with E-state index in [0.717, 1.165) is 0 Å². The van der Waals surface area contributed by atoms with Crippen molar-refractivity contribution in [2.75, 3.05) is 5.88 Å². The van der Waals surface area contributed by atoms with Crippen LogP contribution in [0.15, 0.2) is 48.5 Å². The smallest absolute Gasteiger partial charge is 0.344 e. The predicted molar refractivity (Wildman–Crippen MR) is 90.0 cm³/mol. The van der Waals surface area contributed by atoms with Crippen molar-refractivity contribution in [1.29, 1.82) is 0 Å². The van der Waals surface area contributed by atoms with Gasteiger partial charge in [-0.25, -0.2) is 4.79 Å². The van der Waals surface area contributed by atoms with Crippen LogP contribution in [0.5, 0.6) is 17.2 Å². The lowest BCUT2D eigenvalue weighted by Gasteiger charge is -2.15. The monoisotopic (exact) mass is 354 g/mol. The van der Waals surface area contributed by atoms with E-state index in [1.807, 2.05) is 0 Å². The number of rotatable bonds is 8. The molecular formula is C17H16Cl2O4. The zero-order valence-electron chi connectivity index (χ0n) is 12.2. The highest BCUT2D eigenvalue weighted by Crippen LogP contribution is 2.25. The Kier molecular flexibility index (Phi) is 6.56. The molecule has 2 aromatic rings. The summed E-state index contributed by atoms with van der Waals surface area (Å²) in [5, 5.41) is 9.77. The van der Waals surface area contributed by atoms with Crippen molar-refractivity contribution in [1.82, 2.24) is 0 Å². The van der Waals surface area contributed by atoms with Crippen molar-refractivity contribution < 1.29 is 19.4 Å². The Bertz CT molecular complexity index is 626. The summed E-state index contributed by atoms with van der Waals surface area (Å²) in [6, 6.07) is 13.8. The standard InChI is InChI=1S/C17H16Cl2O4/c18-11-1-2-16(17(20)21)23-15-9-7-14(8-10-15)22-13-5-3-12(19)4-6-13/h3-10,16H,1-2,11H2,(H,20,21). The van der Waals surface area contributed by atoms with Gasteiger partial charge in [0.15, 0.2) is 6.10 Å². The molecule has 1 unspecified atom stereocenters. The number of hydrogen-bond acceptors (Lipinski definition) is 3. The Morgan fingerprint density at radius 1 is 1.00 bits per heavy atom. The van der Waals surface area contributed by atoms with Crippen LogP contribution in [-0.2, 0) is 4.79 Å². The Labute approximate surface area is 144 Å². The van der Waals surface area contributed by atoms with E-state index in [2.05, 4.69) is 0 Å². The van der Waals surface area contributed by atoms with Crippen LogP contribution in [0.3, 0.4) is 0 Å². The molecule has 4 nitrogen and oxygen atoms in total. The molecule has 0 bridgehead atoms. The lowest BCUT2D eigenvalue weighted by Crippen LogP contribution is -2.27. The molecule has 1 atom stereocenters. The molecule has 1 N–H and O–H groups in total. The summed E-state index contributed by atoms with van der Waals surface area (Å²) in [4.78, 5) is 11.1. The fourth-order valence-corrected chi connectivity index (χ4v) is 2.16. The van der Waals surface area contributed by atoms with Crippen LogP contribution in [-0.4, -0.2) is 23.1 Å². The summed E-state index contributed by atoms with van der Waals surface area (Å²) < 4.78 is 11.1. The molecule has 0 aliphatic rings. The molecule has 23 heavy (non-hydrogen) atoms. The van der Waals surface area contributed by atoms with Gasteiger partial charge in [0.05, 0.1) is 0 Å². The van der Waals surface area contributed by atoms with Crippen molar-refractivity contribution in [3.05, 3.63) is 53.6 Å². The van der Waals surface area contributed by atoms with Gasteiger partial charge in [-0.1, -0.05) is 11.6 Å². The molecule has 0 aromatic heterocycles. The molecule has 0 spiro atoms. The summed E-state index contributed by atoms with van der Waals surface area (Å²) in [5.41, 5.74) is 0. The third-order valence-electron chi connectivity index (χ3n) is 3.03. The Morgan fingerprint density at radius 3 is 2.04 bits per heavy atom. The number of benzene rings is 2. The largest absolute Gasteiger partial charge is 0.479 e. The highest BCUT2D eigenvalue weighted by atomic mass is 35.5. The minimum atomic E-state index is -1.00. The maximum Gasteiger partial charge on any atom is 0.344 e. The summed E-state index contributed by atoms with van der Waals surface area (Å²) in [7, 11) is 0. The second-order valence-corrected chi connectivity index (χ2v) is 5.62. The van der Waals surface area contributed by atoms with Gasteiger partial charge < -0.3 is 14.6 Å². The number of hydrogen-bond donors (Lipinski definition) is 1. The highest BCUT2D eigenvalue weighted by Gasteiger charge is 2.18. The van der Waals surface area contributed by atoms with E-state index in [1.165, 1.54) is 0 Å². The number of carboxylic acid groups (broad SMARTS) is 1. The van der Waals surface area contributed by atoms with Gasteiger partial charge in [0, 0.05) is 10.9 Å². The number of halogens is 2. The number of ether oxygens (including phenoxy) is 2. The molecule has 0 heterocycles. The maximum absolute atomic E-state index is 11.1.